The van der Waals surface area contributed by atoms with Gasteiger partial charge in [0, 0.05) is 76.5 Å². The largest absolute Gasteiger partial charge is 0.386 e. The third-order valence-corrected chi connectivity index (χ3v) is 13.0. The molecule has 42 heavy (non-hydrogen) atoms. The molecule has 1 aromatic carbocycles. The maximum atomic E-state index is 14.2. The molecule has 12 atom stereocenters. The number of carbonyl (C=O) groups is 2. The van der Waals surface area contributed by atoms with Crippen molar-refractivity contribution in [2.45, 2.75) is 86.6 Å². The maximum Gasteiger partial charge on any atom is 0.221 e. The summed E-state index contributed by atoms with van der Waals surface area (Å²) in [5.74, 6) is -1.16. The number of aliphatic hydroxyl groups is 3. The highest BCUT2D eigenvalue weighted by Gasteiger charge is 2.90. The molecule has 0 aromatic heterocycles. The van der Waals surface area contributed by atoms with Crippen molar-refractivity contribution in [1.82, 2.24) is 4.90 Å². The van der Waals surface area contributed by atoms with Crippen LogP contribution in [0.1, 0.15) is 55.8 Å². The topological polar surface area (TPSA) is 138 Å². The fourth-order valence-electron chi connectivity index (χ4n) is 12.1. The number of ether oxygens (including phenoxy) is 3. The average Bonchev–Trinajstić information content (AvgIpc) is 3.35. The Labute approximate surface area is 246 Å². The summed E-state index contributed by atoms with van der Waals surface area (Å²) in [6.45, 7) is 2.11. The van der Waals surface area contributed by atoms with Gasteiger partial charge in [-0.25, -0.2) is 0 Å². The Morgan fingerprint density at radius 3 is 2.40 bits per heavy atom. The van der Waals surface area contributed by atoms with Gasteiger partial charge in [-0.05, 0) is 56.2 Å². The van der Waals surface area contributed by atoms with Crippen molar-refractivity contribution in [3.05, 3.63) is 29.8 Å². The number of ketones is 1. The molecule has 1 aromatic rings. The number of nitrogens with zero attached hydrogens (tertiary/aromatic N) is 1. The average molecular weight is 585 g/mol. The second-order valence-electron chi connectivity index (χ2n) is 14.2. The highest BCUT2D eigenvalue weighted by molar-refractivity contribution is 6.04. The van der Waals surface area contributed by atoms with Gasteiger partial charge in [0.25, 0.3) is 0 Å². The van der Waals surface area contributed by atoms with Gasteiger partial charge in [-0.15, -0.1) is 0 Å². The quantitative estimate of drug-likeness (QED) is 0.352. The van der Waals surface area contributed by atoms with Gasteiger partial charge in [-0.1, -0.05) is 12.1 Å². The minimum absolute atomic E-state index is 0.0312. The predicted molar refractivity (Wildman–Crippen MR) is 152 cm³/mol. The zero-order valence-corrected chi connectivity index (χ0v) is 25.1. The van der Waals surface area contributed by atoms with Gasteiger partial charge in [0.2, 0.25) is 5.91 Å². The van der Waals surface area contributed by atoms with Crippen LogP contribution in [0, 0.1) is 28.6 Å². The number of amides is 1. The Balaban J connectivity index is 1.38. The van der Waals surface area contributed by atoms with Crippen molar-refractivity contribution in [3.8, 4) is 0 Å². The molecular formula is C32H44N2O8. The lowest BCUT2D eigenvalue weighted by atomic mass is 9.41. The molecule has 5 unspecified atom stereocenters. The van der Waals surface area contributed by atoms with E-state index in [2.05, 4.69) is 17.3 Å². The van der Waals surface area contributed by atoms with Crippen molar-refractivity contribution in [2.24, 2.45) is 28.6 Å². The lowest BCUT2D eigenvalue weighted by Crippen LogP contribution is -2.83. The molecule has 1 saturated heterocycles. The molecule has 1 amide bonds. The summed E-state index contributed by atoms with van der Waals surface area (Å²) < 4.78 is 18.0. The summed E-state index contributed by atoms with van der Waals surface area (Å²) in [4.78, 5) is 28.4. The lowest BCUT2D eigenvalue weighted by molar-refractivity contribution is -0.343. The van der Waals surface area contributed by atoms with Crippen LogP contribution in [0.5, 0.6) is 0 Å². The van der Waals surface area contributed by atoms with E-state index >= 15 is 0 Å². The number of para-hydroxylation sites is 1. The molecule has 5 aliphatic carbocycles. The molecule has 6 fully saturated rings. The molecule has 1 spiro atoms. The first-order valence-electron chi connectivity index (χ1n) is 15.2. The molecule has 6 aliphatic rings. The Bertz CT molecular complexity index is 1320. The van der Waals surface area contributed by atoms with Crippen molar-refractivity contribution < 1.29 is 39.1 Å². The van der Waals surface area contributed by atoms with Crippen LogP contribution in [0.3, 0.4) is 0 Å². The Hall–Kier alpha value is -1.92. The van der Waals surface area contributed by atoms with Gasteiger partial charge in [0.15, 0.2) is 5.78 Å². The first kappa shape index (κ1) is 28.8. The van der Waals surface area contributed by atoms with Crippen molar-refractivity contribution >= 4 is 17.4 Å². The number of nitrogens with one attached hydrogen (secondary N) is 1. The molecule has 0 radical (unpaired) electrons. The standard InChI is InChI=1S/C32H44N2O8/c1-17(35)33-20-9-7-6-8-18(20)21(36)13-28-11-10-24(40-3)31-22(28)12-19(26(31)34(2)16-28)30(38)15-25(41-4)29(37)14-23(31)32(30,39)27(29)42-5/h6-9,19,22-27,37-39H,10-16H2,1-5H3,(H,33,35)/t19?,22-,23+,24?,25?,26+,27?,28?,29+,30+,31+,32+/m1/s1. The number of likely N-dealkylation sites (tertiary alicyclic amines) is 1. The van der Waals surface area contributed by atoms with E-state index in [0.717, 1.165) is 6.42 Å². The minimum Gasteiger partial charge on any atom is -0.386 e. The highest BCUT2D eigenvalue weighted by Crippen LogP contribution is 2.81. The third-order valence-electron chi connectivity index (χ3n) is 13.0. The number of Topliss-reactive ketones (excluding diaryl/α,β-unsaturated/α-hetero) is 1. The summed E-state index contributed by atoms with van der Waals surface area (Å²) >= 11 is 0. The second kappa shape index (κ2) is 9.06. The van der Waals surface area contributed by atoms with Crippen LogP contribution >= 0.6 is 0 Å². The molecule has 1 aliphatic heterocycles. The van der Waals surface area contributed by atoms with Gasteiger partial charge in [-0.3, -0.25) is 9.59 Å². The van der Waals surface area contributed by atoms with Gasteiger partial charge in [0.05, 0.1) is 17.9 Å². The smallest absolute Gasteiger partial charge is 0.221 e. The number of methoxy groups -OCH3 is 3. The maximum absolute atomic E-state index is 14.2. The Morgan fingerprint density at radius 1 is 1.02 bits per heavy atom. The zero-order valence-electron chi connectivity index (χ0n) is 25.1. The van der Waals surface area contributed by atoms with E-state index in [9.17, 15) is 24.9 Å². The number of benzene rings is 1. The van der Waals surface area contributed by atoms with Crippen LogP contribution in [0.25, 0.3) is 0 Å². The summed E-state index contributed by atoms with van der Waals surface area (Å²) in [6.07, 6.45) is 0.758. The van der Waals surface area contributed by atoms with E-state index < -0.39 is 45.8 Å². The fourth-order valence-corrected chi connectivity index (χ4v) is 12.1. The molecular weight excluding hydrogens is 540 g/mol. The molecule has 4 N–H and O–H groups in total. The van der Waals surface area contributed by atoms with Gasteiger partial charge in [-0.2, -0.15) is 0 Å². The molecule has 230 valence electrons. The van der Waals surface area contributed by atoms with Crippen LogP contribution in [0.15, 0.2) is 24.3 Å². The number of rotatable bonds is 7. The fraction of sp³-hybridized carbons (Fsp3) is 0.750. The van der Waals surface area contributed by atoms with Crippen LogP contribution in [0.2, 0.25) is 0 Å². The number of hydrogen-bond acceptors (Lipinski definition) is 9. The lowest BCUT2D eigenvalue weighted by Gasteiger charge is -2.71. The minimum atomic E-state index is -1.71. The van der Waals surface area contributed by atoms with Crippen LogP contribution < -0.4 is 5.32 Å². The number of hydrogen-bond donors (Lipinski definition) is 4. The molecule has 7 bridgehead atoms. The summed E-state index contributed by atoms with van der Waals surface area (Å²) in [5.41, 5.74) is -4.81. The van der Waals surface area contributed by atoms with Crippen LogP contribution in [-0.4, -0.2) is 108 Å². The summed E-state index contributed by atoms with van der Waals surface area (Å²) in [5, 5.41) is 40.6. The predicted octanol–water partition coefficient (Wildman–Crippen LogP) is 1.61. The SMILES string of the molecule is COC1C[C@]2(O)C3C[C@@H]4C5(CC(=O)c6ccccc6NC(C)=O)CCC(OC)[C@@]4([C@H]3N(C)C5)[C@@H]3C[C@@]1(O)C(OC)[C@@]32O. The summed E-state index contributed by atoms with van der Waals surface area (Å²) in [7, 11) is 6.82. The number of fused-ring (bicyclic) bond motifs is 2. The van der Waals surface area contributed by atoms with Crippen LogP contribution in [-0.2, 0) is 19.0 Å². The normalized spacial score (nSPS) is 50.0. The van der Waals surface area contributed by atoms with Crippen molar-refractivity contribution in [3.63, 3.8) is 0 Å². The Kier molecular flexibility index (Phi) is 6.22. The van der Waals surface area contributed by atoms with Crippen LogP contribution in [0.4, 0.5) is 5.69 Å². The summed E-state index contributed by atoms with van der Waals surface area (Å²) in [6, 6.07) is 7.04. The van der Waals surface area contributed by atoms with Crippen molar-refractivity contribution in [1.29, 1.82) is 0 Å². The second-order valence-corrected chi connectivity index (χ2v) is 14.2. The van der Waals surface area contributed by atoms with Gasteiger partial charge in [0.1, 0.15) is 22.9 Å². The molecule has 1 heterocycles. The van der Waals surface area contributed by atoms with E-state index in [4.69, 9.17) is 14.2 Å². The Morgan fingerprint density at radius 2 is 1.74 bits per heavy atom. The van der Waals surface area contributed by atoms with E-state index in [1.54, 1.807) is 32.4 Å². The third kappa shape index (κ3) is 3.09. The number of carbonyl (C=O) groups excluding carboxylic acids is 2. The first-order valence-corrected chi connectivity index (χ1v) is 15.2. The molecule has 5 saturated carbocycles. The molecule has 7 rings (SSSR count). The number of anilines is 1. The van der Waals surface area contributed by atoms with Gasteiger partial charge < -0.3 is 39.7 Å². The van der Waals surface area contributed by atoms with Crippen molar-refractivity contribution in [2.75, 3.05) is 40.2 Å². The van der Waals surface area contributed by atoms with E-state index in [1.807, 2.05) is 6.07 Å². The van der Waals surface area contributed by atoms with E-state index in [0.29, 0.717) is 30.6 Å². The molecule has 10 heteroatoms. The number of piperidine rings is 1. The first-order chi connectivity index (χ1) is 19.9. The monoisotopic (exact) mass is 584 g/mol. The van der Waals surface area contributed by atoms with E-state index in [1.165, 1.54) is 14.0 Å². The van der Waals surface area contributed by atoms with Gasteiger partial charge >= 0.3 is 0 Å². The highest BCUT2D eigenvalue weighted by atomic mass is 16.5. The molecule has 10 nitrogen and oxygen atoms in total. The zero-order chi connectivity index (χ0) is 30.0. The van der Waals surface area contributed by atoms with E-state index in [-0.39, 0.29) is 54.9 Å².